The summed E-state index contributed by atoms with van der Waals surface area (Å²) in [5.74, 6) is 0.357. The van der Waals surface area contributed by atoms with Crippen molar-refractivity contribution in [2.45, 2.75) is 50.6 Å². The first-order valence-electron chi connectivity index (χ1n) is 16.4. The normalized spacial score (nSPS) is 19.6. The van der Waals surface area contributed by atoms with Gasteiger partial charge in [0.25, 0.3) is 0 Å². The number of piperidine rings is 1. The lowest BCUT2D eigenvalue weighted by Crippen LogP contribution is -2.40. The molecule has 1 atom stereocenters. The molecule has 11 nitrogen and oxygen atoms in total. The molecule has 1 aromatic carbocycles. The third-order valence-electron chi connectivity index (χ3n) is 9.84. The Morgan fingerprint density at radius 1 is 1.06 bits per heavy atom. The van der Waals surface area contributed by atoms with E-state index in [0.29, 0.717) is 35.7 Å². The third kappa shape index (κ3) is 6.83. The number of aliphatic hydroxyl groups is 1. The number of hydrogen-bond donors (Lipinski definition) is 2. The molecule has 258 valence electrons. The lowest BCUT2D eigenvalue weighted by molar-refractivity contribution is -0.137. The van der Waals surface area contributed by atoms with Gasteiger partial charge in [-0.15, -0.1) is 0 Å². The molecule has 4 aromatic rings. The molecular formula is C33H40F3N7O4S. The smallest absolute Gasteiger partial charge is 0.390 e. The van der Waals surface area contributed by atoms with Gasteiger partial charge in [-0.25, -0.2) is 8.42 Å². The van der Waals surface area contributed by atoms with E-state index >= 15 is 0 Å². The maximum absolute atomic E-state index is 13.2. The first-order chi connectivity index (χ1) is 22.9. The maximum atomic E-state index is 13.2. The number of likely N-dealkylation sites (tertiary alicyclic amines) is 1. The summed E-state index contributed by atoms with van der Waals surface area (Å²) in [6.07, 6.45) is 2.22. The molecular weight excluding hydrogens is 647 g/mol. The number of anilines is 1. The molecule has 2 saturated heterocycles. The Kier molecular flexibility index (Phi) is 9.00. The lowest BCUT2D eigenvalue weighted by atomic mass is 9.90. The van der Waals surface area contributed by atoms with Crippen molar-refractivity contribution in [2.24, 2.45) is 0 Å². The third-order valence-corrected chi connectivity index (χ3v) is 11.1. The van der Waals surface area contributed by atoms with Crippen molar-refractivity contribution in [1.29, 1.82) is 0 Å². The van der Waals surface area contributed by atoms with Crippen LogP contribution in [0.2, 0.25) is 0 Å². The zero-order chi connectivity index (χ0) is 33.6. The zero-order valence-electron chi connectivity index (χ0n) is 26.8. The number of halogens is 3. The number of nitrogens with one attached hydrogen (secondary N) is 1. The summed E-state index contributed by atoms with van der Waals surface area (Å²) in [7, 11) is -3.49. The number of sulfonamides is 1. The molecule has 0 saturated carbocycles. The number of aromatic amines is 1. The van der Waals surface area contributed by atoms with Gasteiger partial charge in [0.1, 0.15) is 0 Å². The van der Waals surface area contributed by atoms with Crippen LogP contribution >= 0.6 is 0 Å². The summed E-state index contributed by atoms with van der Waals surface area (Å²) >= 11 is 0. The average molecular weight is 688 g/mol. The van der Waals surface area contributed by atoms with E-state index in [0.717, 1.165) is 93.0 Å². The summed E-state index contributed by atoms with van der Waals surface area (Å²) < 4.78 is 72.9. The van der Waals surface area contributed by atoms with Gasteiger partial charge in [-0.3, -0.25) is 9.67 Å². The number of H-pyrrole nitrogens is 1. The molecule has 0 aliphatic carbocycles. The SMILES string of the molecule is CS(=O)(=O)N1CCc2c(c(-c3ccc(C(F)(F)F)cc3)nn2CC(O)CN2CCC(c3c[nH]c4cc(N5CCOCC5)cnc34)CC2)C1. The molecule has 48 heavy (non-hydrogen) atoms. The number of aromatic nitrogens is 4. The van der Waals surface area contributed by atoms with E-state index in [4.69, 9.17) is 14.8 Å². The van der Waals surface area contributed by atoms with Gasteiger partial charge in [-0.1, -0.05) is 12.1 Å². The first-order valence-corrected chi connectivity index (χ1v) is 18.2. The number of morpholine rings is 1. The summed E-state index contributed by atoms with van der Waals surface area (Å²) in [4.78, 5) is 12.8. The number of ether oxygens (including phenoxy) is 1. The van der Waals surface area contributed by atoms with E-state index in [1.807, 2.05) is 6.20 Å². The van der Waals surface area contributed by atoms with E-state index in [1.165, 1.54) is 22.0 Å². The van der Waals surface area contributed by atoms with Gasteiger partial charge < -0.3 is 24.6 Å². The lowest BCUT2D eigenvalue weighted by Gasteiger charge is -2.33. The van der Waals surface area contributed by atoms with E-state index in [1.54, 1.807) is 4.68 Å². The predicted molar refractivity (Wildman–Crippen MR) is 175 cm³/mol. The zero-order valence-corrected chi connectivity index (χ0v) is 27.6. The van der Waals surface area contributed by atoms with Crippen LogP contribution in [0.1, 0.15) is 41.1 Å². The topological polar surface area (TPSA) is 120 Å². The molecule has 2 fully saturated rings. The van der Waals surface area contributed by atoms with Gasteiger partial charge in [-0.05, 0) is 55.6 Å². The Hall–Kier alpha value is -3.50. The number of β-amino-alcohol motifs (C(OH)–C–C–N with tert-alkyl or cyclic N) is 1. The minimum Gasteiger partial charge on any atom is -0.390 e. The minimum atomic E-state index is -4.47. The second-order valence-electron chi connectivity index (χ2n) is 13.0. The predicted octanol–water partition coefficient (Wildman–Crippen LogP) is 3.84. The van der Waals surface area contributed by atoms with Gasteiger partial charge in [0, 0.05) is 62.2 Å². The fourth-order valence-electron chi connectivity index (χ4n) is 7.25. The Bertz CT molecular complexity index is 1860. The van der Waals surface area contributed by atoms with Crippen LogP contribution in [0.5, 0.6) is 0 Å². The van der Waals surface area contributed by atoms with Crippen molar-refractivity contribution in [3.63, 3.8) is 0 Å². The summed E-state index contributed by atoms with van der Waals surface area (Å²) in [6, 6.07) is 6.90. The van der Waals surface area contributed by atoms with Crippen molar-refractivity contribution < 1.29 is 31.4 Å². The van der Waals surface area contributed by atoms with Crippen LogP contribution in [0.4, 0.5) is 18.9 Å². The quantitative estimate of drug-likeness (QED) is 0.287. The number of alkyl halides is 3. The Morgan fingerprint density at radius 3 is 2.48 bits per heavy atom. The number of nitrogens with zero attached hydrogens (tertiary/aromatic N) is 6. The van der Waals surface area contributed by atoms with Crippen LogP contribution in [-0.2, 0) is 40.4 Å². The van der Waals surface area contributed by atoms with E-state index in [9.17, 15) is 26.7 Å². The molecule has 7 rings (SSSR count). The average Bonchev–Trinajstić information content (AvgIpc) is 3.66. The molecule has 3 aliphatic rings. The Labute approximate surface area is 277 Å². The van der Waals surface area contributed by atoms with E-state index < -0.39 is 27.9 Å². The highest BCUT2D eigenvalue weighted by Gasteiger charge is 2.33. The molecule has 0 radical (unpaired) electrons. The van der Waals surface area contributed by atoms with Crippen LogP contribution in [0.25, 0.3) is 22.3 Å². The molecule has 3 aliphatic heterocycles. The highest BCUT2D eigenvalue weighted by Crippen LogP contribution is 2.36. The molecule has 6 heterocycles. The van der Waals surface area contributed by atoms with Crippen molar-refractivity contribution in [3.05, 3.63) is 65.1 Å². The number of benzene rings is 1. The van der Waals surface area contributed by atoms with E-state index in [-0.39, 0.29) is 19.6 Å². The largest absolute Gasteiger partial charge is 0.416 e. The van der Waals surface area contributed by atoms with Gasteiger partial charge in [-0.2, -0.15) is 22.6 Å². The fourth-order valence-corrected chi connectivity index (χ4v) is 8.04. The summed E-state index contributed by atoms with van der Waals surface area (Å²) in [6.45, 7) is 5.77. The van der Waals surface area contributed by atoms with Crippen molar-refractivity contribution in [2.75, 3.05) is 63.6 Å². The van der Waals surface area contributed by atoms with Gasteiger partial charge in [0.15, 0.2) is 0 Å². The number of rotatable bonds is 8. The molecule has 3 aromatic heterocycles. The minimum absolute atomic E-state index is 0.0748. The standard InChI is InChI=1S/C33H40F3N7O4S/c1-48(45,46)42-11-8-30-28(21-42)31(23-2-4-24(5-3-23)33(34,35)36)39-43(30)20-26(44)19-40-9-6-22(7-10-40)27-18-37-29-16-25(17-38-32(27)29)41-12-14-47-15-13-41/h2-5,16-18,22,26,37,44H,6-15,19-21H2,1H3. The summed E-state index contributed by atoms with van der Waals surface area (Å²) in [5.41, 5.74) is 5.95. The van der Waals surface area contributed by atoms with Crippen LogP contribution in [0.3, 0.4) is 0 Å². The summed E-state index contributed by atoms with van der Waals surface area (Å²) in [5, 5.41) is 15.9. The molecule has 0 bridgehead atoms. The molecule has 0 amide bonds. The first kappa shape index (κ1) is 33.0. The van der Waals surface area contributed by atoms with Crippen molar-refractivity contribution in [1.82, 2.24) is 29.0 Å². The maximum Gasteiger partial charge on any atom is 0.416 e. The molecule has 1 unspecified atom stereocenters. The molecule has 0 spiro atoms. The van der Waals surface area contributed by atoms with Gasteiger partial charge in [0.05, 0.1) is 66.3 Å². The van der Waals surface area contributed by atoms with Crippen LogP contribution < -0.4 is 4.90 Å². The highest BCUT2D eigenvalue weighted by atomic mass is 32.2. The number of pyridine rings is 1. The second-order valence-corrected chi connectivity index (χ2v) is 15.0. The van der Waals surface area contributed by atoms with Crippen LogP contribution in [0, 0.1) is 0 Å². The monoisotopic (exact) mass is 687 g/mol. The van der Waals surface area contributed by atoms with Gasteiger partial charge in [0.2, 0.25) is 10.0 Å². The Balaban J connectivity index is 1.02. The van der Waals surface area contributed by atoms with Crippen molar-refractivity contribution >= 4 is 26.7 Å². The van der Waals surface area contributed by atoms with Crippen LogP contribution in [-0.4, -0.2) is 107 Å². The second kappa shape index (κ2) is 13.1. The highest BCUT2D eigenvalue weighted by molar-refractivity contribution is 7.88. The fraction of sp³-hybridized carbons (Fsp3) is 0.515. The van der Waals surface area contributed by atoms with E-state index in [2.05, 4.69) is 27.0 Å². The number of fused-ring (bicyclic) bond motifs is 2. The Morgan fingerprint density at radius 2 is 1.79 bits per heavy atom. The number of aliphatic hydroxyl groups excluding tert-OH is 1. The van der Waals surface area contributed by atoms with Crippen molar-refractivity contribution in [3.8, 4) is 11.3 Å². The van der Waals surface area contributed by atoms with Crippen LogP contribution in [0.15, 0.2) is 42.7 Å². The molecule has 15 heteroatoms. The van der Waals surface area contributed by atoms with Gasteiger partial charge >= 0.3 is 6.18 Å². The molecule has 2 N–H and O–H groups in total. The number of hydrogen-bond acceptors (Lipinski definition) is 8.